The van der Waals surface area contributed by atoms with Crippen LogP contribution in [0.25, 0.3) is 11.1 Å². The van der Waals surface area contributed by atoms with Gasteiger partial charge in [0.1, 0.15) is 0 Å². The third-order valence-electron chi connectivity index (χ3n) is 3.80. The van der Waals surface area contributed by atoms with Gasteiger partial charge in [0.2, 0.25) is 0 Å². The number of benzene rings is 2. The van der Waals surface area contributed by atoms with Crippen LogP contribution in [0.4, 0.5) is 5.69 Å². The molecule has 0 bridgehead atoms. The van der Waals surface area contributed by atoms with Gasteiger partial charge < -0.3 is 4.84 Å². The number of hydrogen-bond donors (Lipinski definition) is 0. The second-order valence-corrected chi connectivity index (χ2v) is 5.41. The summed E-state index contributed by atoms with van der Waals surface area (Å²) in [5, 5.41) is 14.7. The van der Waals surface area contributed by atoms with E-state index in [4.69, 9.17) is 0 Å². The van der Waals surface area contributed by atoms with Crippen LogP contribution in [0, 0.1) is 10.1 Å². The Labute approximate surface area is 132 Å². The Morgan fingerprint density at radius 3 is 2.43 bits per heavy atom. The van der Waals surface area contributed by atoms with E-state index in [-0.39, 0.29) is 10.6 Å². The highest BCUT2D eigenvalue weighted by atomic mass is 16.7. The number of nitrogens with zero attached hydrogens (tertiary/aromatic N) is 2. The maximum absolute atomic E-state index is 10.9. The Bertz CT molecular complexity index is 856. The fraction of sp³-hybridized carbons (Fsp3) is 0.176. The van der Waals surface area contributed by atoms with E-state index >= 15 is 0 Å². The average Bonchev–Trinajstić information content (AvgIpc) is 2.88. The normalized spacial score (nSPS) is 12.5. The molecule has 0 unspecified atom stereocenters. The molecule has 6 nitrogen and oxygen atoms in total. The van der Waals surface area contributed by atoms with Crippen LogP contribution in [0.5, 0.6) is 0 Å². The fourth-order valence-electron chi connectivity index (χ4n) is 2.72. The second-order valence-electron chi connectivity index (χ2n) is 5.41. The topological polar surface area (TPSA) is 81.8 Å². The summed E-state index contributed by atoms with van der Waals surface area (Å²) < 4.78 is 0. The smallest absolute Gasteiger partial charge is 0.318 e. The Kier molecular flexibility index (Phi) is 3.65. The molecule has 0 aromatic heterocycles. The van der Waals surface area contributed by atoms with Gasteiger partial charge in [-0.2, -0.15) is 0 Å². The van der Waals surface area contributed by atoms with E-state index in [9.17, 15) is 14.9 Å². The summed E-state index contributed by atoms with van der Waals surface area (Å²) in [7, 11) is 0. The van der Waals surface area contributed by atoms with Gasteiger partial charge in [-0.1, -0.05) is 17.3 Å². The summed E-state index contributed by atoms with van der Waals surface area (Å²) in [5.41, 5.74) is 5.67. The van der Waals surface area contributed by atoms with Crippen molar-refractivity contribution in [2.45, 2.75) is 20.3 Å². The lowest BCUT2D eigenvalue weighted by Crippen LogP contribution is -2.00. The quantitative estimate of drug-likeness (QED) is 0.321. The summed E-state index contributed by atoms with van der Waals surface area (Å²) in [6, 6.07) is 10.8. The predicted octanol–water partition coefficient (Wildman–Crippen LogP) is 3.45. The van der Waals surface area contributed by atoms with Crippen molar-refractivity contribution in [2.24, 2.45) is 5.16 Å². The summed E-state index contributed by atoms with van der Waals surface area (Å²) in [6.45, 7) is 3.06. The molecule has 2 aromatic rings. The molecule has 0 saturated heterocycles. The van der Waals surface area contributed by atoms with Crippen LogP contribution < -0.4 is 0 Å². The van der Waals surface area contributed by atoms with Gasteiger partial charge in [-0.05, 0) is 53.3 Å². The van der Waals surface area contributed by atoms with Gasteiger partial charge in [0.15, 0.2) is 0 Å². The van der Waals surface area contributed by atoms with Gasteiger partial charge in [-0.15, -0.1) is 0 Å². The monoisotopic (exact) mass is 310 g/mol. The third-order valence-corrected chi connectivity index (χ3v) is 3.80. The molecule has 0 N–H and O–H groups in total. The van der Waals surface area contributed by atoms with Crippen LogP contribution in [0.3, 0.4) is 0 Å². The van der Waals surface area contributed by atoms with Gasteiger partial charge in [-0.3, -0.25) is 10.1 Å². The molecule has 6 heteroatoms. The maximum Gasteiger partial charge on any atom is 0.331 e. The maximum atomic E-state index is 10.9. The molecule has 0 atom stereocenters. The SMILES string of the molecule is CC(=O)ON=C(C)c1ccc2c(c1)Cc1cc([N+](=O)[O-])ccc1-2. The van der Waals surface area contributed by atoms with Crippen molar-refractivity contribution in [3.8, 4) is 11.1 Å². The van der Waals surface area contributed by atoms with E-state index in [1.165, 1.54) is 13.0 Å². The van der Waals surface area contributed by atoms with Gasteiger partial charge in [0.05, 0.1) is 10.6 Å². The lowest BCUT2D eigenvalue weighted by Gasteiger charge is -2.04. The third kappa shape index (κ3) is 2.83. The lowest BCUT2D eigenvalue weighted by atomic mass is 10.0. The summed E-state index contributed by atoms with van der Waals surface area (Å²) in [4.78, 5) is 26.0. The number of oxime groups is 1. The van der Waals surface area contributed by atoms with Crippen LogP contribution in [0.1, 0.15) is 30.5 Å². The van der Waals surface area contributed by atoms with E-state index in [1.807, 2.05) is 18.2 Å². The van der Waals surface area contributed by atoms with Crippen molar-refractivity contribution in [1.29, 1.82) is 0 Å². The predicted molar refractivity (Wildman–Crippen MR) is 85.3 cm³/mol. The molecule has 3 rings (SSSR count). The van der Waals surface area contributed by atoms with Crippen molar-refractivity contribution in [3.63, 3.8) is 0 Å². The van der Waals surface area contributed by atoms with Crippen LogP contribution in [0.15, 0.2) is 41.6 Å². The first kappa shape index (κ1) is 14.9. The number of nitro benzene ring substituents is 1. The van der Waals surface area contributed by atoms with E-state index in [1.54, 1.807) is 19.1 Å². The van der Waals surface area contributed by atoms with Crippen LogP contribution in [-0.2, 0) is 16.1 Å². The van der Waals surface area contributed by atoms with Crippen LogP contribution >= 0.6 is 0 Å². The molecule has 0 saturated carbocycles. The van der Waals surface area contributed by atoms with Crippen LogP contribution in [0.2, 0.25) is 0 Å². The number of rotatable bonds is 3. The minimum Gasteiger partial charge on any atom is -0.318 e. The first-order valence-electron chi connectivity index (χ1n) is 7.09. The van der Waals surface area contributed by atoms with Gasteiger partial charge in [0, 0.05) is 19.1 Å². The fourth-order valence-corrected chi connectivity index (χ4v) is 2.72. The molecule has 0 fully saturated rings. The number of carbonyl (C=O) groups is 1. The summed E-state index contributed by atoms with van der Waals surface area (Å²) in [5.74, 6) is -0.467. The minimum atomic E-state index is -0.467. The molecule has 0 radical (unpaired) electrons. The average molecular weight is 310 g/mol. The molecule has 2 aromatic carbocycles. The largest absolute Gasteiger partial charge is 0.331 e. The van der Waals surface area contributed by atoms with E-state index < -0.39 is 5.97 Å². The first-order chi connectivity index (χ1) is 11.0. The lowest BCUT2D eigenvalue weighted by molar-refractivity contribution is -0.384. The highest BCUT2D eigenvalue weighted by Gasteiger charge is 2.21. The van der Waals surface area contributed by atoms with Gasteiger partial charge in [0.25, 0.3) is 5.69 Å². The summed E-state index contributed by atoms with van der Waals surface area (Å²) >= 11 is 0. The minimum absolute atomic E-state index is 0.101. The second kappa shape index (κ2) is 5.64. The Morgan fingerprint density at radius 2 is 1.78 bits per heavy atom. The molecule has 1 aliphatic carbocycles. The van der Waals surface area contributed by atoms with Crippen molar-refractivity contribution in [1.82, 2.24) is 0 Å². The molecule has 0 spiro atoms. The Hall–Kier alpha value is -3.02. The zero-order valence-corrected chi connectivity index (χ0v) is 12.7. The highest BCUT2D eigenvalue weighted by Crippen LogP contribution is 2.38. The van der Waals surface area contributed by atoms with Crippen molar-refractivity contribution in [3.05, 3.63) is 63.2 Å². The number of hydrogen-bond acceptors (Lipinski definition) is 5. The van der Waals surface area contributed by atoms with E-state index in [0.29, 0.717) is 12.1 Å². The Morgan fingerprint density at radius 1 is 1.13 bits per heavy atom. The van der Waals surface area contributed by atoms with E-state index in [2.05, 4.69) is 9.99 Å². The summed E-state index contributed by atoms with van der Waals surface area (Å²) in [6.07, 6.45) is 0.640. The van der Waals surface area contributed by atoms with Gasteiger partial charge >= 0.3 is 5.97 Å². The number of non-ortho nitro benzene ring substituents is 1. The molecule has 116 valence electrons. The van der Waals surface area contributed by atoms with Crippen LogP contribution in [-0.4, -0.2) is 16.6 Å². The molecule has 1 aliphatic rings. The molecule has 0 amide bonds. The first-order valence-corrected chi connectivity index (χ1v) is 7.09. The molecule has 0 heterocycles. The van der Waals surface area contributed by atoms with Gasteiger partial charge in [-0.25, -0.2) is 4.79 Å². The number of carbonyl (C=O) groups excluding carboxylic acids is 1. The molecule has 0 aliphatic heterocycles. The van der Waals surface area contributed by atoms with E-state index in [0.717, 1.165) is 27.8 Å². The highest BCUT2D eigenvalue weighted by molar-refractivity contribution is 5.99. The van der Waals surface area contributed by atoms with Crippen molar-refractivity contribution >= 4 is 17.4 Å². The Balaban J connectivity index is 1.94. The molecular weight excluding hydrogens is 296 g/mol. The number of fused-ring (bicyclic) bond motifs is 3. The van der Waals surface area contributed by atoms with Crippen molar-refractivity contribution in [2.75, 3.05) is 0 Å². The zero-order valence-electron chi connectivity index (χ0n) is 12.7. The standard InChI is InChI=1S/C17H14N2O4/c1-10(18-23-11(2)20)12-3-5-16-13(7-12)8-14-9-15(19(21)22)4-6-17(14)16/h3-7,9H,8H2,1-2H3. The molecular formula is C17H14N2O4. The van der Waals surface area contributed by atoms with Crippen molar-refractivity contribution < 1.29 is 14.6 Å². The zero-order chi connectivity index (χ0) is 16.6. The number of nitro groups is 1. The molecule has 23 heavy (non-hydrogen) atoms.